The average Bonchev–Trinajstić information content (AvgIpc) is 2.58. The highest BCUT2D eigenvalue weighted by atomic mass is 32.1. The highest BCUT2D eigenvalue weighted by Gasteiger charge is 2.31. The number of rotatable bonds is 7. The van der Waals surface area contributed by atoms with Gasteiger partial charge < -0.3 is 20.9 Å². The van der Waals surface area contributed by atoms with Crippen molar-refractivity contribution in [2.24, 2.45) is 11.5 Å². The molecule has 0 unspecified atom stereocenters. The van der Waals surface area contributed by atoms with Crippen molar-refractivity contribution in [2.45, 2.75) is 18.2 Å². The summed E-state index contributed by atoms with van der Waals surface area (Å²) >= 11 is 7.74. The number of ether oxygens (including phenoxy) is 2. The number of carbonyl (C=O) groups is 3. The van der Waals surface area contributed by atoms with Gasteiger partial charge in [0.25, 0.3) is 0 Å². The molecule has 1 aromatic carbocycles. The lowest BCUT2D eigenvalue weighted by Gasteiger charge is -2.19. The Morgan fingerprint density at radius 2 is 1.43 bits per heavy atom. The van der Waals surface area contributed by atoms with Gasteiger partial charge in [0.1, 0.15) is 12.1 Å². The molecule has 7 nitrogen and oxygen atoms in total. The number of carbonyl (C=O) groups excluding carboxylic acids is 3. The maximum absolute atomic E-state index is 12.2. The van der Waals surface area contributed by atoms with Crippen LogP contribution in [0.1, 0.15) is 11.7 Å². The fraction of sp³-hybridized carbons (Fsp3) is 0.357. The standard InChI is InChI=1S/C14H18N2O5S2/c15-9(6-22)12(17)20-11(8-4-2-1-3-5-8)14(19)21-13(18)10(16)7-23/h1-5,9-11,22-23H,6-7,15-16H2/t9-,10-,11+/m0/s1. The van der Waals surface area contributed by atoms with Crippen molar-refractivity contribution in [3.05, 3.63) is 35.9 Å². The van der Waals surface area contributed by atoms with Crippen molar-refractivity contribution < 1.29 is 23.9 Å². The van der Waals surface area contributed by atoms with Crippen molar-refractivity contribution in [3.63, 3.8) is 0 Å². The van der Waals surface area contributed by atoms with E-state index >= 15 is 0 Å². The minimum atomic E-state index is -1.43. The lowest BCUT2D eigenvalue weighted by Crippen LogP contribution is -2.39. The van der Waals surface area contributed by atoms with Crippen LogP contribution in [0.2, 0.25) is 0 Å². The molecule has 0 saturated heterocycles. The maximum Gasteiger partial charge on any atom is 0.359 e. The second kappa shape index (κ2) is 9.56. The number of hydrogen-bond donors (Lipinski definition) is 4. The summed E-state index contributed by atoms with van der Waals surface area (Å²) in [5.74, 6) is -2.80. The van der Waals surface area contributed by atoms with Crippen LogP contribution < -0.4 is 11.5 Å². The predicted molar refractivity (Wildman–Crippen MR) is 90.0 cm³/mol. The summed E-state index contributed by atoms with van der Waals surface area (Å²) < 4.78 is 9.71. The molecule has 0 saturated carbocycles. The molecule has 0 spiro atoms. The zero-order valence-electron chi connectivity index (χ0n) is 12.1. The molecule has 0 aromatic heterocycles. The van der Waals surface area contributed by atoms with Gasteiger partial charge in [0, 0.05) is 17.1 Å². The number of benzene rings is 1. The van der Waals surface area contributed by atoms with E-state index in [1.54, 1.807) is 30.3 Å². The molecule has 3 atom stereocenters. The fourth-order valence-corrected chi connectivity index (χ4v) is 1.76. The number of nitrogens with two attached hydrogens (primary N) is 2. The second-order valence-corrected chi connectivity index (χ2v) is 5.28. The van der Waals surface area contributed by atoms with Crippen molar-refractivity contribution in [2.75, 3.05) is 11.5 Å². The Bertz CT molecular complexity index is 555. The molecule has 0 aliphatic carbocycles. The Morgan fingerprint density at radius 3 is 1.96 bits per heavy atom. The van der Waals surface area contributed by atoms with Crippen molar-refractivity contribution in [3.8, 4) is 0 Å². The first-order valence-electron chi connectivity index (χ1n) is 6.64. The van der Waals surface area contributed by atoms with Crippen molar-refractivity contribution >= 4 is 43.2 Å². The molecule has 0 aliphatic rings. The first-order valence-corrected chi connectivity index (χ1v) is 7.91. The highest BCUT2D eigenvalue weighted by molar-refractivity contribution is 7.80. The monoisotopic (exact) mass is 358 g/mol. The minimum Gasteiger partial charge on any atom is -0.444 e. The quantitative estimate of drug-likeness (QED) is 0.304. The van der Waals surface area contributed by atoms with E-state index in [-0.39, 0.29) is 11.5 Å². The van der Waals surface area contributed by atoms with E-state index in [1.807, 2.05) is 0 Å². The van der Waals surface area contributed by atoms with Gasteiger partial charge in [0.2, 0.25) is 6.10 Å². The smallest absolute Gasteiger partial charge is 0.359 e. The van der Waals surface area contributed by atoms with Crippen LogP contribution in [-0.4, -0.2) is 41.5 Å². The zero-order valence-corrected chi connectivity index (χ0v) is 13.9. The molecule has 0 radical (unpaired) electrons. The highest BCUT2D eigenvalue weighted by Crippen LogP contribution is 2.20. The molecule has 126 valence electrons. The minimum absolute atomic E-state index is 0.00638. The molecule has 4 N–H and O–H groups in total. The summed E-state index contributed by atoms with van der Waals surface area (Å²) in [5, 5.41) is 0. The molecular formula is C14H18N2O5S2. The Hall–Kier alpha value is -1.55. The summed E-state index contributed by atoms with van der Waals surface area (Å²) in [6.07, 6.45) is -1.43. The Labute approximate surface area is 144 Å². The third kappa shape index (κ3) is 5.87. The summed E-state index contributed by atoms with van der Waals surface area (Å²) in [6.45, 7) is 0. The topological polar surface area (TPSA) is 122 Å². The molecule has 0 aliphatic heterocycles. The summed E-state index contributed by atoms with van der Waals surface area (Å²) in [5.41, 5.74) is 11.3. The molecule has 0 heterocycles. The summed E-state index contributed by atoms with van der Waals surface area (Å²) in [7, 11) is 0. The lowest BCUT2D eigenvalue weighted by molar-refractivity contribution is -0.175. The van der Waals surface area contributed by atoms with Gasteiger partial charge in [-0.3, -0.25) is 4.79 Å². The molecule has 23 heavy (non-hydrogen) atoms. The maximum atomic E-state index is 12.2. The molecule has 0 fully saturated rings. The average molecular weight is 358 g/mol. The summed E-state index contributed by atoms with van der Waals surface area (Å²) in [6, 6.07) is 6.03. The van der Waals surface area contributed by atoms with Gasteiger partial charge in [0.05, 0.1) is 0 Å². The van der Waals surface area contributed by atoms with Gasteiger partial charge in [-0.1, -0.05) is 30.3 Å². The van der Waals surface area contributed by atoms with E-state index in [2.05, 4.69) is 30.0 Å². The Kier molecular flexibility index (Phi) is 8.10. The van der Waals surface area contributed by atoms with E-state index < -0.39 is 36.1 Å². The van der Waals surface area contributed by atoms with Crippen LogP contribution in [0.25, 0.3) is 0 Å². The lowest BCUT2D eigenvalue weighted by atomic mass is 10.1. The van der Waals surface area contributed by atoms with Gasteiger partial charge in [0.15, 0.2) is 0 Å². The van der Waals surface area contributed by atoms with Crippen LogP contribution in [0.5, 0.6) is 0 Å². The van der Waals surface area contributed by atoms with Gasteiger partial charge in [-0.2, -0.15) is 25.3 Å². The van der Waals surface area contributed by atoms with Crippen LogP contribution >= 0.6 is 25.3 Å². The second-order valence-electron chi connectivity index (χ2n) is 4.55. The number of esters is 3. The van der Waals surface area contributed by atoms with Crippen LogP contribution in [0, 0.1) is 0 Å². The van der Waals surface area contributed by atoms with Crippen molar-refractivity contribution in [1.29, 1.82) is 0 Å². The number of hydrogen-bond acceptors (Lipinski definition) is 9. The number of thiol groups is 2. The normalized spacial score (nSPS) is 14.4. The van der Waals surface area contributed by atoms with E-state index in [0.29, 0.717) is 5.56 Å². The molecule has 0 amide bonds. The van der Waals surface area contributed by atoms with Gasteiger partial charge in [-0.05, 0) is 0 Å². The Balaban J connectivity index is 2.93. The van der Waals surface area contributed by atoms with Gasteiger partial charge in [-0.25, -0.2) is 9.59 Å². The summed E-state index contributed by atoms with van der Waals surface area (Å²) in [4.78, 5) is 35.6. The first-order chi connectivity index (χ1) is 10.9. The molecule has 1 aromatic rings. The van der Waals surface area contributed by atoms with E-state index in [4.69, 9.17) is 16.2 Å². The van der Waals surface area contributed by atoms with E-state index in [9.17, 15) is 14.4 Å². The van der Waals surface area contributed by atoms with Gasteiger partial charge >= 0.3 is 17.9 Å². The van der Waals surface area contributed by atoms with Crippen molar-refractivity contribution in [1.82, 2.24) is 0 Å². The van der Waals surface area contributed by atoms with Gasteiger partial charge in [-0.15, -0.1) is 0 Å². The Morgan fingerprint density at radius 1 is 0.913 bits per heavy atom. The third-order valence-corrected chi connectivity index (χ3v) is 3.54. The van der Waals surface area contributed by atoms with Crippen LogP contribution in [0.4, 0.5) is 0 Å². The molecular weight excluding hydrogens is 340 g/mol. The SMILES string of the molecule is N[C@@H](CS)C(=O)OC(=O)[C@H](OC(=O)[C@@H](N)CS)c1ccccc1. The van der Waals surface area contributed by atoms with E-state index in [1.165, 1.54) is 0 Å². The molecule has 9 heteroatoms. The van der Waals surface area contributed by atoms with Crippen LogP contribution in [-0.2, 0) is 23.9 Å². The third-order valence-electron chi connectivity index (χ3n) is 2.75. The zero-order chi connectivity index (χ0) is 17.4. The van der Waals surface area contributed by atoms with Crippen LogP contribution in [0.15, 0.2) is 30.3 Å². The first kappa shape index (κ1) is 19.5. The fourth-order valence-electron chi connectivity index (χ4n) is 1.46. The predicted octanol–water partition coefficient (Wildman–Crippen LogP) is -0.145. The van der Waals surface area contributed by atoms with Crippen LogP contribution in [0.3, 0.4) is 0 Å². The molecule has 0 bridgehead atoms. The molecule has 1 rings (SSSR count). The largest absolute Gasteiger partial charge is 0.444 e. The van der Waals surface area contributed by atoms with E-state index in [0.717, 1.165) is 0 Å².